The van der Waals surface area contributed by atoms with Gasteiger partial charge in [0.15, 0.2) is 5.82 Å². The lowest BCUT2D eigenvalue weighted by Crippen LogP contribution is -2.15. The summed E-state index contributed by atoms with van der Waals surface area (Å²) in [5.41, 5.74) is 0.877. The zero-order valence-electron chi connectivity index (χ0n) is 10.2. The van der Waals surface area contributed by atoms with Crippen LogP contribution in [0.3, 0.4) is 0 Å². The lowest BCUT2D eigenvalue weighted by Gasteiger charge is -2.07. The van der Waals surface area contributed by atoms with Gasteiger partial charge in [0.05, 0.1) is 4.47 Å². The standard InChI is InChI=1S/C13H9BrN4O2/c14-10-7-16-11(6-15)17-12(10)18-13(19)20-8-9-4-2-1-3-5-9/h1-5,7H,8H2,(H,16,17,18,19). The number of amides is 1. The summed E-state index contributed by atoms with van der Waals surface area (Å²) in [4.78, 5) is 19.2. The maximum atomic E-state index is 11.6. The van der Waals surface area contributed by atoms with Crippen LogP contribution in [0, 0.1) is 11.3 Å². The summed E-state index contributed by atoms with van der Waals surface area (Å²) in [6.07, 6.45) is 0.732. The molecule has 0 aliphatic heterocycles. The van der Waals surface area contributed by atoms with Gasteiger partial charge in [-0.3, -0.25) is 5.32 Å². The van der Waals surface area contributed by atoms with E-state index in [0.717, 1.165) is 5.56 Å². The summed E-state index contributed by atoms with van der Waals surface area (Å²) in [5.74, 6) is 0.154. The Hall–Kier alpha value is -2.46. The van der Waals surface area contributed by atoms with Gasteiger partial charge in [-0.25, -0.2) is 14.8 Å². The maximum Gasteiger partial charge on any atom is 0.413 e. The monoisotopic (exact) mass is 332 g/mol. The van der Waals surface area contributed by atoms with Gasteiger partial charge in [-0.15, -0.1) is 0 Å². The van der Waals surface area contributed by atoms with Crippen molar-refractivity contribution in [1.29, 1.82) is 5.26 Å². The fourth-order valence-electron chi connectivity index (χ4n) is 1.36. The number of ether oxygens (including phenoxy) is 1. The molecular weight excluding hydrogens is 324 g/mol. The highest BCUT2D eigenvalue weighted by molar-refractivity contribution is 9.10. The molecule has 7 heteroatoms. The van der Waals surface area contributed by atoms with Crippen molar-refractivity contribution in [2.45, 2.75) is 6.61 Å². The second kappa shape index (κ2) is 6.63. The number of rotatable bonds is 3. The van der Waals surface area contributed by atoms with Crippen molar-refractivity contribution >= 4 is 27.8 Å². The number of nitrogens with zero attached hydrogens (tertiary/aromatic N) is 3. The minimum Gasteiger partial charge on any atom is -0.444 e. The number of carbonyl (C=O) groups is 1. The minimum atomic E-state index is -0.655. The smallest absolute Gasteiger partial charge is 0.413 e. The fraction of sp³-hybridized carbons (Fsp3) is 0.0769. The van der Waals surface area contributed by atoms with E-state index in [2.05, 4.69) is 31.2 Å². The summed E-state index contributed by atoms with van der Waals surface area (Å²) in [6.45, 7) is 0.153. The van der Waals surface area contributed by atoms with Gasteiger partial charge >= 0.3 is 6.09 Å². The highest BCUT2D eigenvalue weighted by Crippen LogP contribution is 2.18. The summed E-state index contributed by atoms with van der Waals surface area (Å²) < 4.78 is 5.51. The van der Waals surface area contributed by atoms with Gasteiger partial charge in [0, 0.05) is 6.20 Å². The van der Waals surface area contributed by atoms with Crippen LogP contribution in [0.25, 0.3) is 0 Å². The second-order valence-corrected chi connectivity index (χ2v) is 4.54. The number of nitrogens with one attached hydrogen (secondary N) is 1. The van der Waals surface area contributed by atoms with Crippen LogP contribution in [0.4, 0.5) is 10.6 Å². The largest absolute Gasteiger partial charge is 0.444 e. The molecule has 1 aromatic heterocycles. The van der Waals surface area contributed by atoms with Crippen LogP contribution in [-0.2, 0) is 11.3 Å². The molecule has 20 heavy (non-hydrogen) atoms. The summed E-state index contributed by atoms with van der Waals surface area (Å²) in [5, 5.41) is 11.1. The first-order valence-corrected chi connectivity index (χ1v) is 6.38. The quantitative estimate of drug-likeness (QED) is 0.933. The third-order valence-electron chi connectivity index (χ3n) is 2.28. The molecule has 0 aliphatic carbocycles. The van der Waals surface area contributed by atoms with Crippen LogP contribution in [0.5, 0.6) is 0 Å². The van der Waals surface area contributed by atoms with Crippen LogP contribution >= 0.6 is 15.9 Å². The van der Waals surface area contributed by atoms with E-state index in [4.69, 9.17) is 10.00 Å². The highest BCUT2D eigenvalue weighted by Gasteiger charge is 2.10. The van der Waals surface area contributed by atoms with Crippen molar-refractivity contribution in [3.63, 3.8) is 0 Å². The van der Waals surface area contributed by atoms with E-state index in [9.17, 15) is 4.79 Å². The van der Waals surface area contributed by atoms with E-state index in [1.807, 2.05) is 30.3 Å². The lowest BCUT2D eigenvalue weighted by atomic mass is 10.2. The molecule has 2 aromatic rings. The van der Waals surface area contributed by atoms with E-state index < -0.39 is 6.09 Å². The molecule has 0 fully saturated rings. The predicted molar refractivity (Wildman–Crippen MR) is 74.7 cm³/mol. The zero-order chi connectivity index (χ0) is 14.4. The van der Waals surface area contributed by atoms with Crippen molar-refractivity contribution in [3.05, 3.63) is 52.4 Å². The van der Waals surface area contributed by atoms with Gasteiger partial charge in [-0.2, -0.15) is 5.26 Å². The van der Waals surface area contributed by atoms with Gasteiger partial charge in [-0.1, -0.05) is 30.3 Å². The average Bonchev–Trinajstić information content (AvgIpc) is 2.48. The number of hydrogen-bond acceptors (Lipinski definition) is 5. The Morgan fingerprint density at radius 3 is 2.85 bits per heavy atom. The van der Waals surface area contributed by atoms with Crippen LogP contribution in [-0.4, -0.2) is 16.1 Å². The summed E-state index contributed by atoms with van der Waals surface area (Å²) in [6, 6.07) is 11.1. The SMILES string of the molecule is N#Cc1ncc(Br)c(NC(=O)OCc2ccccc2)n1. The van der Waals surface area contributed by atoms with E-state index >= 15 is 0 Å². The topological polar surface area (TPSA) is 87.9 Å². The molecule has 0 radical (unpaired) electrons. The number of carbonyl (C=O) groups excluding carboxylic acids is 1. The van der Waals surface area contributed by atoms with Crippen molar-refractivity contribution in [2.75, 3.05) is 5.32 Å². The molecule has 0 unspecified atom stereocenters. The second-order valence-electron chi connectivity index (χ2n) is 3.69. The van der Waals surface area contributed by atoms with Crippen LogP contribution in [0.2, 0.25) is 0 Å². The number of nitriles is 1. The third-order valence-corrected chi connectivity index (χ3v) is 2.86. The van der Waals surface area contributed by atoms with Crippen LogP contribution in [0.15, 0.2) is 41.0 Å². The first kappa shape index (κ1) is 14.0. The molecule has 100 valence electrons. The Kier molecular flexibility index (Phi) is 4.63. The fourth-order valence-corrected chi connectivity index (χ4v) is 1.65. The van der Waals surface area contributed by atoms with Crippen LogP contribution < -0.4 is 5.32 Å². The van der Waals surface area contributed by atoms with Crippen molar-refractivity contribution < 1.29 is 9.53 Å². The Morgan fingerprint density at radius 2 is 2.15 bits per heavy atom. The van der Waals surface area contributed by atoms with Gasteiger partial charge in [0.1, 0.15) is 12.7 Å². The number of benzene rings is 1. The number of halogens is 1. The molecule has 0 saturated heterocycles. The predicted octanol–water partition coefficient (Wildman–Crippen LogP) is 2.86. The van der Waals surface area contributed by atoms with E-state index in [1.165, 1.54) is 6.20 Å². The van der Waals surface area contributed by atoms with Gasteiger partial charge in [-0.05, 0) is 21.5 Å². The Morgan fingerprint density at radius 1 is 1.40 bits per heavy atom. The maximum absolute atomic E-state index is 11.6. The summed E-state index contributed by atoms with van der Waals surface area (Å²) in [7, 11) is 0. The Bertz CT molecular complexity index is 655. The molecule has 0 aliphatic rings. The first-order valence-electron chi connectivity index (χ1n) is 5.59. The zero-order valence-corrected chi connectivity index (χ0v) is 11.8. The van der Waals surface area contributed by atoms with Gasteiger partial charge < -0.3 is 4.74 Å². The summed E-state index contributed by atoms with van der Waals surface area (Å²) >= 11 is 3.18. The Balaban J connectivity index is 1.97. The molecule has 1 amide bonds. The highest BCUT2D eigenvalue weighted by atomic mass is 79.9. The van der Waals surface area contributed by atoms with E-state index in [1.54, 1.807) is 6.07 Å². The van der Waals surface area contributed by atoms with Gasteiger partial charge in [0.25, 0.3) is 0 Å². The van der Waals surface area contributed by atoms with E-state index in [0.29, 0.717) is 4.47 Å². The first-order chi connectivity index (χ1) is 9.69. The van der Waals surface area contributed by atoms with Crippen molar-refractivity contribution in [2.24, 2.45) is 0 Å². The molecular formula is C13H9BrN4O2. The van der Waals surface area contributed by atoms with Crippen molar-refractivity contribution in [1.82, 2.24) is 9.97 Å². The molecule has 1 heterocycles. The minimum absolute atomic E-state index is 0.0356. The number of anilines is 1. The normalized spacial score (nSPS) is 9.60. The van der Waals surface area contributed by atoms with Crippen LogP contribution in [0.1, 0.15) is 11.4 Å². The molecule has 0 saturated carbocycles. The molecule has 1 N–H and O–H groups in total. The molecule has 0 bridgehead atoms. The van der Waals surface area contributed by atoms with Gasteiger partial charge in [0.2, 0.25) is 5.82 Å². The number of hydrogen-bond donors (Lipinski definition) is 1. The lowest BCUT2D eigenvalue weighted by molar-refractivity contribution is 0.155. The van der Waals surface area contributed by atoms with E-state index in [-0.39, 0.29) is 18.2 Å². The third kappa shape index (κ3) is 3.76. The number of aromatic nitrogens is 2. The molecule has 6 nitrogen and oxygen atoms in total. The molecule has 0 atom stereocenters. The average molecular weight is 333 g/mol. The molecule has 1 aromatic carbocycles. The Labute approximate surface area is 123 Å². The molecule has 2 rings (SSSR count). The van der Waals surface area contributed by atoms with Crippen molar-refractivity contribution in [3.8, 4) is 6.07 Å². The molecule has 0 spiro atoms.